The Morgan fingerprint density at radius 1 is 0.268 bits per heavy atom. The quantitative estimate of drug-likeness (QED) is 0.0252. The Morgan fingerprint density at radius 3 is 0.699 bits per heavy atom. The molecule has 1 unspecified atom stereocenters. The molecule has 1 amide bonds. The maximum absolute atomic E-state index is 12.9. The molecule has 0 aliphatic carbocycles. The van der Waals surface area contributed by atoms with Gasteiger partial charge in [0.25, 0.3) is 7.82 Å². The fourth-order valence-electron chi connectivity index (χ4n) is 11.4. The van der Waals surface area contributed by atoms with E-state index >= 15 is 0 Å². The Morgan fingerprint density at radius 2 is 0.472 bits per heavy atom. The number of carbonyl (C=O) groups excluding carboxylic acids is 3. The van der Waals surface area contributed by atoms with Crippen LogP contribution >= 0.6 is 7.82 Å². The van der Waals surface area contributed by atoms with Gasteiger partial charge in [0.15, 0.2) is 6.10 Å². The van der Waals surface area contributed by atoms with E-state index in [1.54, 1.807) is 0 Å². The van der Waals surface area contributed by atoms with Crippen molar-refractivity contribution in [2.45, 2.75) is 225 Å². The molecule has 123 heavy (non-hydrogen) atoms. The van der Waals surface area contributed by atoms with Gasteiger partial charge in [0.05, 0.1) is 291 Å². The molecule has 0 saturated carbocycles. The summed E-state index contributed by atoms with van der Waals surface area (Å²) in [6, 6.07) is 0. The maximum atomic E-state index is 12.9. The molecule has 0 spiro atoms. The smallest absolute Gasteiger partial charge is 0.756 e. The predicted molar refractivity (Wildman–Crippen MR) is 458 cm³/mol. The van der Waals surface area contributed by atoms with E-state index < -0.39 is 51.0 Å². The molecule has 0 aromatic rings. The third kappa shape index (κ3) is 109. The molecule has 2 N–H and O–H groups in total. The van der Waals surface area contributed by atoms with E-state index in [2.05, 4.69) is 19.2 Å². The molecule has 726 valence electrons. The molecule has 0 radical (unpaired) electrons. The molecule has 0 bridgehead atoms. The molecule has 0 aliphatic heterocycles. The van der Waals surface area contributed by atoms with Crippen molar-refractivity contribution in [3.63, 3.8) is 0 Å². The zero-order valence-electron chi connectivity index (χ0n) is 76.6. The zero-order valence-corrected chi connectivity index (χ0v) is 79.5. The van der Waals surface area contributed by atoms with Crippen molar-refractivity contribution in [2.24, 2.45) is 0 Å². The summed E-state index contributed by atoms with van der Waals surface area (Å²) in [7, 11) is -4.90. The molecule has 0 fully saturated rings. The van der Waals surface area contributed by atoms with Crippen LogP contribution in [0, 0.1) is 0 Å². The molecular weight excluding hydrogens is 1640 g/mol. The number of hydrogen-bond donors (Lipinski definition) is 2. The number of ether oxygens (including phenoxy) is 24. The number of rotatable bonds is 109. The molecule has 34 nitrogen and oxygen atoms in total. The standard InChI is InChI=1S/C87H170NO33P.Na/c1-3-5-7-9-11-13-15-17-19-21-23-25-27-29-31-33-86(92)118-79-83(121-87(93)34-32-30-28-26-24-22-20-18-16-14-12-10-8-6-4-2)80-120-122(94,95)119-36-35-88-84(89)81-116-77-75-114-73-71-112-69-67-110-65-63-108-61-59-106-57-55-104-53-51-102-49-47-100-45-43-98-41-39-96-37-38-97-40-42-99-44-46-101-48-50-103-52-54-105-56-58-107-60-62-109-64-66-111-68-70-113-72-74-115-76-78-117-82-85(90)91;/h83H,3-82H2,1-2H3,(H,88,89)(H,90,91)(H,94,95);/q;+1/p-1/t83-;/m1./s1. The number of nitrogens with one attached hydrogen (secondary N) is 1. The monoisotopic (exact) mass is 1810 g/mol. The molecule has 0 heterocycles. The minimum absolute atomic E-state index is 0. The average Bonchev–Trinajstić information content (AvgIpc) is 0.906. The number of carbonyl (C=O) groups is 4. The Hall–Kier alpha value is -1.89. The van der Waals surface area contributed by atoms with Crippen molar-refractivity contribution >= 4 is 31.6 Å². The first-order valence-corrected chi connectivity index (χ1v) is 47.7. The van der Waals surface area contributed by atoms with Gasteiger partial charge in [-0.1, -0.05) is 194 Å². The number of unbranched alkanes of at least 4 members (excludes halogenated alkanes) is 28. The van der Waals surface area contributed by atoms with Crippen LogP contribution in [0.5, 0.6) is 0 Å². The van der Waals surface area contributed by atoms with Crippen molar-refractivity contribution in [3.05, 3.63) is 0 Å². The summed E-state index contributed by atoms with van der Waals surface area (Å²) < 4.78 is 154. The van der Waals surface area contributed by atoms with Crippen molar-refractivity contribution < 1.29 is 186 Å². The van der Waals surface area contributed by atoms with E-state index in [4.69, 9.17) is 128 Å². The zero-order chi connectivity index (χ0) is 88.0. The molecule has 0 rings (SSSR count). The van der Waals surface area contributed by atoms with Crippen LogP contribution < -0.4 is 39.8 Å². The van der Waals surface area contributed by atoms with Crippen LogP contribution in [-0.2, 0) is 146 Å². The third-order valence-electron chi connectivity index (χ3n) is 18.1. The van der Waals surface area contributed by atoms with Gasteiger partial charge in [-0.3, -0.25) is 18.9 Å². The number of amides is 1. The summed E-state index contributed by atoms with van der Waals surface area (Å²) in [5.74, 6) is -2.45. The number of esters is 2. The minimum atomic E-state index is -4.90. The maximum Gasteiger partial charge on any atom is 1.00 e. The first-order valence-electron chi connectivity index (χ1n) is 46.2. The first kappa shape index (κ1) is 123. The number of carboxylic acid groups (broad SMARTS) is 1. The number of hydrogen-bond acceptors (Lipinski definition) is 32. The Kier molecular flexibility index (Phi) is 107. The van der Waals surface area contributed by atoms with Crippen LogP contribution in [0.25, 0.3) is 0 Å². The van der Waals surface area contributed by atoms with Crippen molar-refractivity contribution in [1.29, 1.82) is 0 Å². The summed E-state index contributed by atoms with van der Waals surface area (Å²) in [6.07, 6.45) is 35.4. The van der Waals surface area contributed by atoms with Crippen LogP contribution in [0.15, 0.2) is 0 Å². The summed E-state index contributed by atoms with van der Waals surface area (Å²) in [5.41, 5.74) is 0. The molecule has 0 aromatic carbocycles. The first-order chi connectivity index (χ1) is 60.1. The second-order valence-electron chi connectivity index (χ2n) is 28.9. The van der Waals surface area contributed by atoms with Gasteiger partial charge in [-0.05, 0) is 12.8 Å². The van der Waals surface area contributed by atoms with Crippen LogP contribution in [0.3, 0.4) is 0 Å². The van der Waals surface area contributed by atoms with Gasteiger partial charge in [0, 0.05) is 19.4 Å². The van der Waals surface area contributed by atoms with Gasteiger partial charge in [0.2, 0.25) is 5.91 Å². The molecule has 36 heteroatoms. The van der Waals surface area contributed by atoms with Crippen molar-refractivity contribution in [3.8, 4) is 0 Å². The van der Waals surface area contributed by atoms with E-state index in [1.807, 2.05) is 0 Å². The van der Waals surface area contributed by atoms with E-state index in [0.717, 1.165) is 38.5 Å². The van der Waals surface area contributed by atoms with E-state index in [9.17, 15) is 28.6 Å². The van der Waals surface area contributed by atoms with Crippen molar-refractivity contribution in [2.75, 3.05) is 317 Å². The fraction of sp³-hybridized carbons (Fsp3) is 0.954. The Labute approximate surface area is 761 Å². The van der Waals surface area contributed by atoms with Gasteiger partial charge >= 0.3 is 47.5 Å². The van der Waals surface area contributed by atoms with Gasteiger partial charge in [-0.25, -0.2) is 4.79 Å². The van der Waals surface area contributed by atoms with Crippen LogP contribution in [0.4, 0.5) is 0 Å². The summed E-state index contributed by atoms with van der Waals surface area (Å²) in [4.78, 5) is 61.0. The fourth-order valence-corrected chi connectivity index (χ4v) is 12.1. The van der Waals surface area contributed by atoms with Gasteiger partial charge in [-0.15, -0.1) is 0 Å². The molecule has 2 atom stereocenters. The molecule has 0 aliphatic rings. The summed E-state index contributed by atoms with van der Waals surface area (Å²) >= 11 is 0. The second kappa shape index (κ2) is 107. The molecule has 0 saturated heterocycles. The topological polar surface area (TPSA) is 381 Å². The van der Waals surface area contributed by atoms with Crippen molar-refractivity contribution in [1.82, 2.24) is 5.32 Å². The Bertz CT molecular complexity index is 2170. The van der Waals surface area contributed by atoms with E-state index in [-0.39, 0.29) is 88.6 Å². The van der Waals surface area contributed by atoms with E-state index in [1.165, 1.54) is 141 Å². The summed E-state index contributed by atoms with van der Waals surface area (Å²) in [6.45, 7) is 20.1. The largest absolute Gasteiger partial charge is 1.00 e. The Balaban J connectivity index is 0. The van der Waals surface area contributed by atoms with Crippen LogP contribution in [0.2, 0.25) is 0 Å². The minimum Gasteiger partial charge on any atom is -0.756 e. The summed E-state index contributed by atoms with van der Waals surface area (Å²) in [5, 5.41) is 11.0. The van der Waals surface area contributed by atoms with E-state index in [0.29, 0.717) is 271 Å². The number of phosphoric acid groups is 1. The number of phosphoric ester groups is 1. The van der Waals surface area contributed by atoms with Gasteiger partial charge in [0.1, 0.15) is 19.8 Å². The second-order valence-corrected chi connectivity index (χ2v) is 30.3. The molecular formula is C87H169NNaO33P. The van der Waals surface area contributed by atoms with Gasteiger partial charge in [-0.2, -0.15) is 0 Å². The SMILES string of the molecule is CCCCCCCCCCCCCCCCCC(=O)OC[C@H](COP(=O)([O-])OCCNC(=O)COCCOCCOCCOCCOCCOCCOCCOCCOCCOCCOCCOCCOCCOCCOCCOCCOCCOCCOCCOCCOCCOCC(=O)O)OC(=O)CCCCCCCCCCCCCCCCC.[Na+]. The predicted octanol–water partition coefficient (Wildman–Crippen LogP) is 8.04. The average molecular weight is 1810 g/mol. The third-order valence-corrected chi connectivity index (χ3v) is 19.0. The van der Waals surface area contributed by atoms with Crippen LogP contribution in [-0.4, -0.2) is 352 Å². The van der Waals surface area contributed by atoms with Gasteiger partial charge < -0.3 is 138 Å². The number of aliphatic carboxylic acids is 1. The normalized spacial score (nSPS) is 12.3. The number of carboxylic acids is 1. The van der Waals surface area contributed by atoms with Crippen LogP contribution in [0.1, 0.15) is 219 Å². The molecule has 0 aromatic heterocycles.